The first-order valence-electron chi connectivity index (χ1n) is 5.82. The van der Waals surface area contributed by atoms with Gasteiger partial charge in [-0.05, 0) is 31.0 Å². The van der Waals surface area contributed by atoms with Crippen LogP contribution >= 0.6 is 15.9 Å². The van der Waals surface area contributed by atoms with Gasteiger partial charge in [0.1, 0.15) is 6.07 Å². The van der Waals surface area contributed by atoms with Crippen LogP contribution in [0.15, 0.2) is 22.7 Å². The van der Waals surface area contributed by atoms with E-state index in [1.807, 2.05) is 18.2 Å². The van der Waals surface area contributed by atoms with Crippen molar-refractivity contribution >= 4 is 21.6 Å². The second-order valence-corrected chi connectivity index (χ2v) is 4.78. The van der Waals surface area contributed by atoms with E-state index in [-0.39, 0.29) is 6.61 Å². The van der Waals surface area contributed by atoms with Gasteiger partial charge < -0.3 is 10.4 Å². The van der Waals surface area contributed by atoms with Crippen LogP contribution in [0.4, 0.5) is 5.69 Å². The molecule has 0 aliphatic carbocycles. The third-order valence-corrected chi connectivity index (χ3v) is 3.00. The van der Waals surface area contributed by atoms with Crippen molar-refractivity contribution in [1.82, 2.24) is 0 Å². The van der Waals surface area contributed by atoms with E-state index in [0.29, 0.717) is 5.56 Å². The molecule has 0 atom stereocenters. The summed E-state index contributed by atoms with van der Waals surface area (Å²) in [6, 6.07) is 7.82. The summed E-state index contributed by atoms with van der Waals surface area (Å²) in [5.74, 6) is 0. The van der Waals surface area contributed by atoms with E-state index in [0.717, 1.165) is 42.4 Å². The van der Waals surface area contributed by atoms with E-state index in [9.17, 15) is 0 Å². The number of anilines is 1. The monoisotopic (exact) mass is 296 g/mol. The van der Waals surface area contributed by atoms with E-state index in [1.54, 1.807) is 0 Å². The zero-order valence-electron chi connectivity index (χ0n) is 9.75. The summed E-state index contributed by atoms with van der Waals surface area (Å²) in [6.45, 7) is 1.14. The minimum atomic E-state index is 0.277. The maximum Gasteiger partial charge on any atom is 0.101 e. The highest BCUT2D eigenvalue weighted by Crippen LogP contribution is 2.20. The number of benzene rings is 1. The van der Waals surface area contributed by atoms with Crippen molar-refractivity contribution in [2.24, 2.45) is 0 Å². The highest BCUT2D eigenvalue weighted by Gasteiger charge is 2.01. The molecule has 92 valence electrons. The molecule has 0 saturated heterocycles. The van der Waals surface area contributed by atoms with Crippen LogP contribution in [0.2, 0.25) is 0 Å². The topological polar surface area (TPSA) is 56.0 Å². The third-order valence-electron chi connectivity index (χ3n) is 2.50. The predicted molar refractivity (Wildman–Crippen MR) is 72.9 cm³/mol. The van der Waals surface area contributed by atoms with Crippen LogP contribution in [0.25, 0.3) is 0 Å². The summed E-state index contributed by atoms with van der Waals surface area (Å²) in [5, 5.41) is 20.9. The molecule has 1 aromatic rings. The second-order valence-electron chi connectivity index (χ2n) is 3.87. The molecule has 4 heteroatoms. The summed E-state index contributed by atoms with van der Waals surface area (Å²) in [7, 11) is 0. The molecule has 0 fully saturated rings. The average Bonchev–Trinajstić information content (AvgIpc) is 2.35. The Morgan fingerprint density at radius 3 is 2.71 bits per heavy atom. The quantitative estimate of drug-likeness (QED) is 0.759. The standard InChI is InChI=1S/C13H17BrN2O/c14-12-5-6-13(11(9-12)10-15)16-7-3-1-2-4-8-17/h5-6,9,16-17H,1-4,7-8H2. The fourth-order valence-corrected chi connectivity index (χ4v) is 1.94. The number of rotatable bonds is 7. The lowest BCUT2D eigenvalue weighted by molar-refractivity contribution is 0.283. The molecule has 0 aliphatic rings. The minimum absolute atomic E-state index is 0.277. The lowest BCUT2D eigenvalue weighted by Crippen LogP contribution is -2.03. The fraction of sp³-hybridized carbons (Fsp3) is 0.462. The van der Waals surface area contributed by atoms with Crippen molar-refractivity contribution in [2.45, 2.75) is 25.7 Å². The highest BCUT2D eigenvalue weighted by molar-refractivity contribution is 9.10. The Balaban J connectivity index is 2.34. The maximum atomic E-state index is 8.98. The molecule has 0 spiro atoms. The van der Waals surface area contributed by atoms with Gasteiger partial charge in [-0.25, -0.2) is 0 Å². The number of aliphatic hydroxyl groups is 1. The first-order valence-corrected chi connectivity index (χ1v) is 6.61. The van der Waals surface area contributed by atoms with Gasteiger partial charge >= 0.3 is 0 Å². The van der Waals surface area contributed by atoms with E-state index in [1.165, 1.54) is 0 Å². The Bertz CT molecular complexity index is 387. The number of halogens is 1. The molecule has 0 heterocycles. The van der Waals surface area contributed by atoms with E-state index in [2.05, 4.69) is 27.3 Å². The SMILES string of the molecule is N#Cc1cc(Br)ccc1NCCCCCCO. The van der Waals surface area contributed by atoms with Gasteiger partial charge in [-0.3, -0.25) is 0 Å². The number of hydrogen-bond donors (Lipinski definition) is 2. The number of aliphatic hydroxyl groups excluding tert-OH is 1. The van der Waals surface area contributed by atoms with Crippen molar-refractivity contribution in [3.63, 3.8) is 0 Å². The maximum absolute atomic E-state index is 8.98. The van der Waals surface area contributed by atoms with Gasteiger partial charge in [0.25, 0.3) is 0 Å². The van der Waals surface area contributed by atoms with Crippen LogP contribution in [0.1, 0.15) is 31.2 Å². The summed E-state index contributed by atoms with van der Waals surface area (Å²) in [4.78, 5) is 0. The Morgan fingerprint density at radius 1 is 1.24 bits per heavy atom. The Kier molecular flexibility index (Phi) is 6.68. The Labute approximate surface area is 111 Å². The van der Waals surface area contributed by atoms with E-state index < -0.39 is 0 Å². The highest BCUT2D eigenvalue weighted by atomic mass is 79.9. The largest absolute Gasteiger partial charge is 0.396 e. The summed E-state index contributed by atoms with van der Waals surface area (Å²) in [6.07, 6.45) is 4.10. The predicted octanol–water partition coefficient (Wildman–Crippen LogP) is 3.29. The van der Waals surface area contributed by atoms with Crippen LogP contribution in [0.5, 0.6) is 0 Å². The zero-order chi connectivity index (χ0) is 12.5. The van der Waals surface area contributed by atoms with Crippen molar-refractivity contribution in [3.05, 3.63) is 28.2 Å². The number of unbranched alkanes of at least 4 members (excludes halogenated alkanes) is 3. The van der Waals surface area contributed by atoms with Gasteiger partial charge in [0.15, 0.2) is 0 Å². The van der Waals surface area contributed by atoms with Crippen LogP contribution in [-0.4, -0.2) is 18.3 Å². The van der Waals surface area contributed by atoms with Gasteiger partial charge in [0, 0.05) is 17.6 Å². The second kappa shape index (κ2) is 8.10. The third kappa shape index (κ3) is 5.20. The van der Waals surface area contributed by atoms with Crippen LogP contribution < -0.4 is 5.32 Å². The molecule has 0 bridgehead atoms. The van der Waals surface area contributed by atoms with E-state index in [4.69, 9.17) is 10.4 Å². The summed E-state index contributed by atoms with van der Waals surface area (Å²) < 4.78 is 0.919. The van der Waals surface area contributed by atoms with Gasteiger partial charge in [-0.1, -0.05) is 28.8 Å². The molecule has 0 aliphatic heterocycles. The number of nitrogens with one attached hydrogen (secondary N) is 1. The van der Waals surface area contributed by atoms with Gasteiger partial charge in [0.2, 0.25) is 0 Å². The first kappa shape index (κ1) is 14.0. The molecular formula is C13H17BrN2O. The summed E-state index contributed by atoms with van der Waals surface area (Å²) >= 11 is 3.34. The minimum Gasteiger partial charge on any atom is -0.396 e. The molecule has 0 aromatic heterocycles. The van der Waals surface area contributed by atoms with Gasteiger partial charge in [0.05, 0.1) is 11.3 Å². The number of nitriles is 1. The molecule has 0 unspecified atom stereocenters. The molecule has 0 saturated carbocycles. The van der Waals surface area contributed by atoms with Gasteiger partial charge in [-0.2, -0.15) is 5.26 Å². The molecule has 0 radical (unpaired) electrons. The smallest absolute Gasteiger partial charge is 0.101 e. The summed E-state index contributed by atoms with van der Waals surface area (Å²) in [5.41, 5.74) is 1.55. The Hall–Kier alpha value is -1.05. The van der Waals surface area contributed by atoms with Crippen LogP contribution in [0.3, 0.4) is 0 Å². The van der Waals surface area contributed by atoms with Crippen molar-refractivity contribution < 1.29 is 5.11 Å². The lowest BCUT2D eigenvalue weighted by Gasteiger charge is -2.08. The van der Waals surface area contributed by atoms with Crippen molar-refractivity contribution in [3.8, 4) is 6.07 Å². The van der Waals surface area contributed by atoms with Crippen molar-refractivity contribution in [2.75, 3.05) is 18.5 Å². The number of nitrogens with zero attached hydrogens (tertiary/aromatic N) is 1. The first-order chi connectivity index (χ1) is 8.27. The van der Waals surface area contributed by atoms with Crippen LogP contribution in [-0.2, 0) is 0 Å². The fourth-order valence-electron chi connectivity index (χ4n) is 1.58. The molecule has 0 amide bonds. The zero-order valence-corrected chi connectivity index (χ0v) is 11.3. The molecule has 17 heavy (non-hydrogen) atoms. The Morgan fingerprint density at radius 2 is 2.00 bits per heavy atom. The molecule has 1 rings (SSSR count). The van der Waals surface area contributed by atoms with E-state index >= 15 is 0 Å². The molecule has 1 aromatic carbocycles. The molecular weight excluding hydrogens is 280 g/mol. The van der Waals surface area contributed by atoms with Crippen LogP contribution in [0, 0.1) is 11.3 Å². The van der Waals surface area contributed by atoms with Crippen molar-refractivity contribution in [1.29, 1.82) is 5.26 Å². The lowest BCUT2D eigenvalue weighted by atomic mass is 10.1. The normalized spacial score (nSPS) is 9.94. The molecule has 2 N–H and O–H groups in total. The van der Waals surface area contributed by atoms with Gasteiger partial charge in [-0.15, -0.1) is 0 Å². The average molecular weight is 297 g/mol. The molecule has 3 nitrogen and oxygen atoms in total. The number of hydrogen-bond acceptors (Lipinski definition) is 3.